The molecule has 2 aromatic carbocycles. The molecular formula is C17H18N2O2. The average molecular weight is 282 g/mol. The van der Waals surface area contributed by atoms with E-state index in [9.17, 15) is 4.79 Å². The van der Waals surface area contributed by atoms with Gasteiger partial charge in [0.05, 0.1) is 12.7 Å². The summed E-state index contributed by atoms with van der Waals surface area (Å²) in [5.41, 5.74) is 2.04. The molecule has 108 valence electrons. The average Bonchev–Trinajstić information content (AvgIpc) is 2.47. The van der Waals surface area contributed by atoms with Crippen LogP contribution in [0.4, 0.5) is 5.69 Å². The summed E-state index contributed by atoms with van der Waals surface area (Å²) in [6.07, 6.45) is 0.636. The largest absolute Gasteiger partial charge is 0.496 e. The lowest BCUT2D eigenvalue weighted by atomic mass is 9.96. The van der Waals surface area contributed by atoms with Crippen LogP contribution in [0.3, 0.4) is 0 Å². The Morgan fingerprint density at radius 1 is 1.05 bits per heavy atom. The maximum atomic E-state index is 12.3. The summed E-state index contributed by atoms with van der Waals surface area (Å²) in [7, 11) is 1.66. The van der Waals surface area contributed by atoms with E-state index in [2.05, 4.69) is 10.6 Å². The lowest BCUT2D eigenvalue weighted by Crippen LogP contribution is -2.56. The van der Waals surface area contributed by atoms with Gasteiger partial charge in [0.25, 0.3) is 5.91 Å². The highest BCUT2D eigenvalue weighted by Gasteiger charge is 2.33. The van der Waals surface area contributed by atoms with Gasteiger partial charge in [-0.1, -0.05) is 30.3 Å². The van der Waals surface area contributed by atoms with Crippen molar-refractivity contribution in [3.05, 3.63) is 59.7 Å². The summed E-state index contributed by atoms with van der Waals surface area (Å²) in [6, 6.07) is 15.4. The van der Waals surface area contributed by atoms with E-state index in [1.807, 2.05) is 55.5 Å². The van der Waals surface area contributed by atoms with E-state index in [0.717, 1.165) is 17.0 Å². The summed E-state index contributed by atoms with van der Waals surface area (Å²) in [4.78, 5) is 12.3. The molecule has 4 nitrogen and oxygen atoms in total. The van der Waals surface area contributed by atoms with E-state index < -0.39 is 5.66 Å². The third-order valence-electron chi connectivity index (χ3n) is 3.71. The molecule has 2 N–H and O–H groups in total. The number of para-hydroxylation sites is 2. The standard InChI is InChI=1S/C17H18N2O2/c1-17(11-12-7-3-6-10-15(12)21-2)18-14-9-5-4-8-13(14)16(20)19-17/h3-10,18H,11H2,1-2H3,(H,19,20). The minimum Gasteiger partial charge on any atom is -0.496 e. The Morgan fingerprint density at radius 2 is 1.76 bits per heavy atom. The van der Waals surface area contributed by atoms with Gasteiger partial charge in [0.2, 0.25) is 0 Å². The van der Waals surface area contributed by atoms with Crippen molar-refractivity contribution in [2.24, 2.45) is 0 Å². The number of fused-ring (bicyclic) bond motifs is 1. The van der Waals surface area contributed by atoms with Crippen molar-refractivity contribution in [3.8, 4) is 5.75 Å². The number of anilines is 1. The van der Waals surface area contributed by atoms with Gasteiger partial charge in [0.1, 0.15) is 11.4 Å². The molecule has 0 aliphatic carbocycles. The van der Waals surface area contributed by atoms with E-state index >= 15 is 0 Å². The number of hydrogen-bond acceptors (Lipinski definition) is 3. The molecular weight excluding hydrogens is 264 g/mol. The zero-order valence-corrected chi connectivity index (χ0v) is 12.1. The number of carbonyl (C=O) groups is 1. The second kappa shape index (κ2) is 5.13. The van der Waals surface area contributed by atoms with Gasteiger partial charge in [-0.25, -0.2) is 0 Å². The number of nitrogens with one attached hydrogen (secondary N) is 2. The van der Waals surface area contributed by atoms with Gasteiger partial charge >= 0.3 is 0 Å². The third-order valence-corrected chi connectivity index (χ3v) is 3.71. The molecule has 0 saturated carbocycles. The summed E-state index contributed by atoms with van der Waals surface area (Å²) in [6.45, 7) is 1.98. The first-order valence-electron chi connectivity index (χ1n) is 6.93. The molecule has 1 atom stereocenters. The highest BCUT2D eigenvalue weighted by Crippen LogP contribution is 2.29. The monoisotopic (exact) mass is 282 g/mol. The fourth-order valence-corrected chi connectivity index (χ4v) is 2.75. The maximum Gasteiger partial charge on any atom is 0.255 e. The Kier molecular flexibility index (Phi) is 3.29. The third kappa shape index (κ3) is 2.57. The Labute approximate surface area is 124 Å². The minimum atomic E-state index is -0.542. The Bertz CT molecular complexity index is 684. The first-order chi connectivity index (χ1) is 10.1. The van der Waals surface area contributed by atoms with Crippen LogP contribution in [0.15, 0.2) is 48.5 Å². The molecule has 0 radical (unpaired) electrons. The number of rotatable bonds is 3. The van der Waals surface area contributed by atoms with Crippen LogP contribution in [-0.4, -0.2) is 18.7 Å². The smallest absolute Gasteiger partial charge is 0.255 e. The highest BCUT2D eigenvalue weighted by atomic mass is 16.5. The summed E-state index contributed by atoms with van der Waals surface area (Å²) < 4.78 is 5.39. The molecule has 21 heavy (non-hydrogen) atoms. The Morgan fingerprint density at radius 3 is 2.57 bits per heavy atom. The summed E-state index contributed by atoms with van der Waals surface area (Å²) in [5, 5.41) is 6.46. The fraction of sp³-hybridized carbons (Fsp3) is 0.235. The van der Waals surface area contributed by atoms with Crippen molar-refractivity contribution < 1.29 is 9.53 Å². The zero-order valence-electron chi connectivity index (χ0n) is 12.1. The molecule has 0 spiro atoms. The first-order valence-corrected chi connectivity index (χ1v) is 6.93. The Balaban J connectivity index is 1.91. The molecule has 1 aliphatic heterocycles. The van der Waals surface area contributed by atoms with Crippen LogP contribution in [0.1, 0.15) is 22.8 Å². The first kappa shape index (κ1) is 13.5. The van der Waals surface area contributed by atoms with E-state index in [-0.39, 0.29) is 5.91 Å². The quantitative estimate of drug-likeness (QED) is 0.910. The van der Waals surface area contributed by atoms with Crippen molar-refractivity contribution >= 4 is 11.6 Å². The van der Waals surface area contributed by atoms with Crippen molar-refractivity contribution in [2.75, 3.05) is 12.4 Å². The maximum absolute atomic E-state index is 12.3. The van der Waals surface area contributed by atoms with Gasteiger partial charge in [-0.05, 0) is 30.7 Å². The van der Waals surface area contributed by atoms with Crippen LogP contribution in [-0.2, 0) is 6.42 Å². The Hall–Kier alpha value is -2.49. The van der Waals surface area contributed by atoms with Gasteiger partial charge in [-0.3, -0.25) is 4.79 Å². The van der Waals surface area contributed by atoms with Crippen molar-refractivity contribution in [1.82, 2.24) is 5.32 Å². The van der Waals surface area contributed by atoms with Crippen molar-refractivity contribution in [1.29, 1.82) is 0 Å². The van der Waals surface area contributed by atoms with Crippen LogP contribution in [0.25, 0.3) is 0 Å². The summed E-state index contributed by atoms with van der Waals surface area (Å²) >= 11 is 0. The van der Waals surface area contributed by atoms with Gasteiger partial charge < -0.3 is 15.4 Å². The molecule has 2 aromatic rings. The van der Waals surface area contributed by atoms with Crippen molar-refractivity contribution in [3.63, 3.8) is 0 Å². The van der Waals surface area contributed by atoms with Gasteiger partial charge in [0, 0.05) is 12.1 Å². The van der Waals surface area contributed by atoms with E-state index in [1.54, 1.807) is 7.11 Å². The molecule has 0 bridgehead atoms. The predicted octanol–water partition coefficient (Wildman–Crippen LogP) is 2.81. The van der Waals surface area contributed by atoms with E-state index in [1.165, 1.54) is 0 Å². The second-order valence-electron chi connectivity index (χ2n) is 5.45. The number of carbonyl (C=O) groups excluding carboxylic acids is 1. The number of methoxy groups -OCH3 is 1. The molecule has 4 heteroatoms. The molecule has 1 aliphatic rings. The van der Waals surface area contributed by atoms with Crippen LogP contribution >= 0.6 is 0 Å². The van der Waals surface area contributed by atoms with E-state index in [4.69, 9.17) is 4.74 Å². The number of benzene rings is 2. The SMILES string of the molecule is COc1ccccc1CC1(C)NC(=O)c2ccccc2N1. The van der Waals surface area contributed by atoms with Gasteiger partial charge in [-0.2, -0.15) is 0 Å². The fourth-order valence-electron chi connectivity index (χ4n) is 2.75. The molecule has 1 unspecified atom stereocenters. The highest BCUT2D eigenvalue weighted by molar-refractivity contribution is 6.02. The second-order valence-corrected chi connectivity index (χ2v) is 5.45. The number of hydrogen-bond donors (Lipinski definition) is 2. The molecule has 1 amide bonds. The van der Waals surface area contributed by atoms with E-state index in [0.29, 0.717) is 12.0 Å². The normalized spacial score (nSPS) is 20.2. The zero-order chi connectivity index (χ0) is 14.9. The summed E-state index contributed by atoms with van der Waals surface area (Å²) in [5.74, 6) is 0.774. The van der Waals surface area contributed by atoms with Gasteiger partial charge in [0.15, 0.2) is 0 Å². The van der Waals surface area contributed by atoms with Gasteiger partial charge in [-0.15, -0.1) is 0 Å². The lowest BCUT2D eigenvalue weighted by molar-refractivity contribution is 0.0907. The molecule has 3 rings (SSSR count). The molecule has 0 saturated heterocycles. The van der Waals surface area contributed by atoms with Crippen molar-refractivity contribution in [2.45, 2.75) is 19.0 Å². The number of amides is 1. The van der Waals surface area contributed by atoms with Crippen LogP contribution in [0.2, 0.25) is 0 Å². The lowest BCUT2D eigenvalue weighted by Gasteiger charge is -2.38. The topological polar surface area (TPSA) is 50.4 Å². The van der Waals surface area contributed by atoms with Crippen LogP contribution in [0.5, 0.6) is 5.75 Å². The van der Waals surface area contributed by atoms with Crippen LogP contribution < -0.4 is 15.4 Å². The minimum absolute atomic E-state index is 0.0539. The molecule has 0 fully saturated rings. The molecule has 1 heterocycles. The predicted molar refractivity (Wildman–Crippen MR) is 82.6 cm³/mol. The molecule has 0 aromatic heterocycles. The number of ether oxygens (including phenoxy) is 1. The van der Waals surface area contributed by atoms with Crippen LogP contribution in [0, 0.1) is 0 Å².